The van der Waals surface area contributed by atoms with Crippen LogP contribution in [0.2, 0.25) is 0 Å². The second kappa shape index (κ2) is 5.80. The largest absolute Gasteiger partial charge is 0.505 e. The minimum atomic E-state index is 0.617. The van der Waals surface area contributed by atoms with Gasteiger partial charge in [0, 0.05) is 12.7 Å². The van der Waals surface area contributed by atoms with Crippen LogP contribution in [0.4, 0.5) is 11.5 Å². The number of anilines is 1. The van der Waals surface area contributed by atoms with E-state index in [9.17, 15) is 0 Å². The van der Waals surface area contributed by atoms with E-state index in [4.69, 9.17) is 4.74 Å². The maximum atomic E-state index is 4.79. The Balaban J connectivity index is 2.69. The van der Waals surface area contributed by atoms with Crippen LogP contribution in [-0.4, -0.2) is 25.4 Å². The van der Waals surface area contributed by atoms with Crippen molar-refractivity contribution in [2.75, 3.05) is 19.0 Å². The molecule has 80 valence electrons. The molecule has 1 rings (SSSR count). The number of hydrogen-bond acceptors (Lipinski definition) is 4. The molecule has 15 heavy (non-hydrogen) atoms. The lowest BCUT2D eigenvalue weighted by atomic mass is 10.3. The molecule has 0 aliphatic carbocycles. The van der Waals surface area contributed by atoms with Gasteiger partial charge in [-0.15, -0.1) is 0 Å². The number of nitrogens with one attached hydrogen (secondary N) is 1. The molecule has 0 amide bonds. The van der Waals surface area contributed by atoms with Gasteiger partial charge in [-0.1, -0.05) is 0 Å². The lowest BCUT2D eigenvalue weighted by Gasteiger charge is -2.06. The number of aliphatic imine (C=N–C) groups is 1. The van der Waals surface area contributed by atoms with Crippen LogP contribution in [0.1, 0.15) is 5.56 Å². The first-order valence-corrected chi connectivity index (χ1v) is 4.63. The Labute approximate surface area is 89.7 Å². The number of hydrogen-bond donors (Lipinski definition) is 1. The zero-order chi connectivity index (χ0) is 11.1. The number of nitrogens with zero attached hydrogens (tertiary/aromatic N) is 2. The predicted octanol–water partition coefficient (Wildman–Crippen LogP) is 2.29. The van der Waals surface area contributed by atoms with E-state index in [-0.39, 0.29) is 0 Å². The van der Waals surface area contributed by atoms with E-state index >= 15 is 0 Å². The van der Waals surface area contributed by atoms with Crippen LogP contribution in [0.15, 0.2) is 29.6 Å². The van der Waals surface area contributed by atoms with Crippen molar-refractivity contribution >= 4 is 18.2 Å². The van der Waals surface area contributed by atoms with Crippen molar-refractivity contribution in [1.29, 1.82) is 0 Å². The number of methoxy groups -OCH3 is 1. The summed E-state index contributed by atoms with van der Waals surface area (Å²) in [6, 6.07) is 1.98. The van der Waals surface area contributed by atoms with Gasteiger partial charge in [-0.05, 0) is 31.3 Å². The molecule has 0 aliphatic rings. The molecule has 1 aromatic heterocycles. The van der Waals surface area contributed by atoms with Crippen LogP contribution < -0.4 is 5.32 Å². The molecule has 0 radical (unpaired) electrons. The molecule has 1 N–H and O–H groups in total. The summed E-state index contributed by atoms with van der Waals surface area (Å²) in [5.41, 5.74) is 1.96. The van der Waals surface area contributed by atoms with E-state index in [0.717, 1.165) is 11.3 Å². The topological polar surface area (TPSA) is 46.5 Å². The zero-order valence-electron chi connectivity index (χ0n) is 9.03. The summed E-state index contributed by atoms with van der Waals surface area (Å²) >= 11 is 0. The van der Waals surface area contributed by atoms with Crippen LogP contribution in [0.3, 0.4) is 0 Å². The van der Waals surface area contributed by atoms with Crippen molar-refractivity contribution in [2.45, 2.75) is 6.92 Å². The molecule has 0 atom stereocenters. The molecule has 0 fully saturated rings. The highest BCUT2D eigenvalue weighted by Gasteiger charge is 2.00. The van der Waals surface area contributed by atoms with Gasteiger partial charge in [0.25, 0.3) is 0 Å². The standard InChI is InChI=1S/C11H15N3O/c1-9-7-10(11(12-2)14-8-9)13-5-4-6-15-3/h4,6-8,13H,2,5H2,1,3H3/b6-4+. The quantitative estimate of drug-likeness (QED) is 0.592. The summed E-state index contributed by atoms with van der Waals surface area (Å²) in [5.74, 6) is 0.617. The van der Waals surface area contributed by atoms with Gasteiger partial charge in [-0.2, -0.15) is 0 Å². The number of ether oxygens (including phenoxy) is 1. The van der Waals surface area contributed by atoms with Crippen LogP contribution >= 0.6 is 0 Å². The Hall–Kier alpha value is -1.84. The van der Waals surface area contributed by atoms with E-state index in [1.54, 1.807) is 19.6 Å². The number of aryl methyl sites for hydroxylation is 1. The molecule has 0 unspecified atom stereocenters. The van der Waals surface area contributed by atoms with Gasteiger partial charge in [0.2, 0.25) is 0 Å². The fourth-order valence-corrected chi connectivity index (χ4v) is 1.13. The summed E-state index contributed by atoms with van der Waals surface area (Å²) in [4.78, 5) is 7.98. The fourth-order valence-electron chi connectivity index (χ4n) is 1.13. The van der Waals surface area contributed by atoms with Crippen molar-refractivity contribution in [1.82, 2.24) is 4.98 Å². The minimum Gasteiger partial charge on any atom is -0.505 e. The predicted molar refractivity (Wildman–Crippen MR) is 62.8 cm³/mol. The zero-order valence-corrected chi connectivity index (χ0v) is 9.03. The molecular weight excluding hydrogens is 190 g/mol. The lowest BCUT2D eigenvalue weighted by Crippen LogP contribution is -1.99. The van der Waals surface area contributed by atoms with Crippen molar-refractivity contribution in [3.8, 4) is 0 Å². The van der Waals surface area contributed by atoms with Gasteiger partial charge in [0.05, 0.1) is 19.1 Å². The third-order valence-electron chi connectivity index (χ3n) is 1.80. The Morgan fingerprint density at radius 2 is 2.47 bits per heavy atom. The molecule has 0 saturated carbocycles. The third-order valence-corrected chi connectivity index (χ3v) is 1.80. The SMILES string of the molecule is C=Nc1ncc(C)cc1NC/C=C/OC. The maximum Gasteiger partial charge on any atom is 0.174 e. The second-order valence-electron chi connectivity index (χ2n) is 3.03. The highest BCUT2D eigenvalue weighted by atomic mass is 16.5. The van der Waals surface area contributed by atoms with Gasteiger partial charge in [0.15, 0.2) is 5.82 Å². The van der Waals surface area contributed by atoms with Crippen LogP contribution in [0, 0.1) is 6.92 Å². The van der Waals surface area contributed by atoms with Crippen molar-refractivity contribution < 1.29 is 4.74 Å². The second-order valence-corrected chi connectivity index (χ2v) is 3.03. The Kier molecular flexibility index (Phi) is 4.34. The molecule has 1 heterocycles. The Bertz CT molecular complexity index is 361. The molecule has 0 aromatic carbocycles. The average Bonchev–Trinajstić information content (AvgIpc) is 2.25. The van der Waals surface area contributed by atoms with Crippen molar-refractivity contribution in [2.24, 2.45) is 4.99 Å². The van der Waals surface area contributed by atoms with Crippen molar-refractivity contribution in [3.63, 3.8) is 0 Å². The first-order valence-electron chi connectivity index (χ1n) is 4.63. The fraction of sp³-hybridized carbons (Fsp3) is 0.273. The summed E-state index contributed by atoms with van der Waals surface area (Å²) in [6.45, 7) is 6.12. The van der Waals surface area contributed by atoms with Gasteiger partial charge in [-0.25, -0.2) is 9.98 Å². The highest BCUT2D eigenvalue weighted by Crippen LogP contribution is 2.21. The Morgan fingerprint density at radius 3 is 3.13 bits per heavy atom. The van der Waals surface area contributed by atoms with Crippen LogP contribution in [0.5, 0.6) is 0 Å². The number of aromatic nitrogens is 1. The lowest BCUT2D eigenvalue weighted by molar-refractivity contribution is 0.337. The molecule has 4 heteroatoms. The molecule has 0 spiro atoms. The average molecular weight is 205 g/mol. The maximum absolute atomic E-state index is 4.79. The summed E-state index contributed by atoms with van der Waals surface area (Å²) < 4.78 is 4.79. The van der Waals surface area contributed by atoms with E-state index in [1.165, 1.54) is 0 Å². The molecule has 4 nitrogen and oxygen atoms in total. The smallest absolute Gasteiger partial charge is 0.174 e. The molecular formula is C11H15N3O. The number of rotatable bonds is 5. The van der Waals surface area contributed by atoms with Gasteiger partial charge >= 0.3 is 0 Å². The summed E-state index contributed by atoms with van der Waals surface area (Å²) in [7, 11) is 1.61. The van der Waals surface area contributed by atoms with Crippen molar-refractivity contribution in [3.05, 3.63) is 30.2 Å². The monoisotopic (exact) mass is 205 g/mol. The number of pyridine rings is 1. The molecule has 0 bridgehead atoms. The highest BCUT2D eigenvalue weighted by molar-refractivity contribution is 5.64. The van der Waals surface area contributed by atoms with Crippen LogP contribution in [-0.2, 0) is 4.74 Å². The van der Waals surface area contributed by atoms with E-state index < -0.39 is 0 Å². The first-order chi connectivity index (χ1) is 7.27. The van der Waals surface area contributed by atoms with Gasteiger partial charge in [-0.3, -0.25) is 0 Å². The van der Waals surface area contributed by atoms with E-state index in [0.29, 0.717) is 12.4 Å². The molecule has 1 aromatic rings. The minimum absolute atomic E-state index is 0.617. The Morgan fingerprint density at radius 1 is 1.67 bits per heavy atom. The first kappa shape index (κ1) is 11.2. The van der Waals surface area contributed by atoms with Gasteiger partial charge in [0.1, 0.15) is 0 Å². The molecule has 0 aliphatic heterocycles. The summed E-state index contributed by atoms with van der Waals surface area (Å²) in [6.07, 6.45) is 5.26. The van der Waals surface area contributed by atoms with E-state index in [1.807, 2.05) is 19.1 Å². The normalized spacial score (nSPS) is 10.3. The van der Waals surface area contributed by atoms with E-state index in [2.05, 4.69) is 22.0 Å². The molecule has 0 saturated heterocycles. The van der Waals surface area contributed by atoms with Crippen LogP contribution in [0.25, 0.3) is 0 Å². The van der Waals surface area contributed by atoms with Gasteiger partial charge < -0.3 is 10.1 Å². The summed E-state index contributed by atoms with van der Waals surface area (Å²) in [5, 5.41) is 3.18. The third kappa shape index (κ3) is 3.42.